The van der Waals surface area contributed by atoms with Crippen LogP contribution in [0.2, 0.25) is 5.02 Å². The van der Waals surface area contributed by atoms with Crippen molar-refractivity contribution in [1.29, 1.82) is 0 Å². The van der Waals surface area contributed by atoms with Crippen LogP contribution in [0.4, 0.5) is 0 Å². The molecule has 0 amide bonds. The molecule has 2 heterocycles. The van der Waals surface area contributed by atoms with Crippen LogP contribution in [-0.2, 0) is 19.5 Å². The van der Waals surface area contributed by atoms with E-state index < -0.39 is 0 Å². The number of H-pyrrole nitrogens is 1. The fraction of sp³-hybridized carbons (Fsp3) is 0.273. The highest BCUT2D eigenvalue weighted by Crippen LogP contribution is 2.27. The summed E-state index contributed by atoms with van der Waals surface area (Å²) in [5.41, 5.74) is 3.35. The number of ether oxygens (including phenoxy) is 2. The molecule has 3 aromatic rings. The van der Waals surface area contributed by atoms with Crippen LogP contribution >= 0.6 is 11.6 Å². The van der Waals surface area contributed by atoms with Gasteiger partial charge in [-0.3, -0.25) is 9.69 Å². The van der Waals surface area contributed by atoms with Crippen LogP contribution in [0.25, 0.3) is 11.4 Å². The molecule has 1 aliphatic heterocycles. The molecule has 0 bridgehead atoms. The highest BCUT2D eigenvalue weighted by atomic mass is 35.5. The molecule has 0 fully saturated rings. The molecule has 0 aliphatic carbocycles. The SMILES string of the molecule is COc1ccc(OC)c(CN2CCc3nc(-c4ccc(Cl)cc4)[nH]c(=O)c3C2)c1. The lowest BCUT2D eigenvalue weighted by atomic mass is 10.0. The number of hydrogen-bond acceptors (Lipinski definition) is 5. The van der Waals surface area contributed by atoms with Gasteiger partial charge in [-0.2, -0.15) is 0 Å². The number of fused-ring (bicyclic) bond motifs is 1. The van der Waals surface area contributed by atoms with Crippen molar-refractivity contribution in [2.24, 2.45) is 0 Å². The number of hydrogen-bond donors (Lipinski definition) is 1. The fourth-order valence-corrected chi connectivity index (χ4v) is 3.73. The molecule has 0 saturated heterocycles. The van der Waals surface area contributed by atoms with Gasteiger partial charge in [-0.25, -0.2) is 4.98 Å². The summed E-state index contributed by atoms with van der Waals surface area (Å²) in [5.74, 6) is 2.17. The molecule has 1 aromatic heterocycles. The van der Waals surface area contributed by atoms with Gasteiger partial charge < -0.3 is 14.5 Å². The summed E-state index contributed by atoms with van der Waals surface area (Å²) in [5, 5.41) is 0.651. The number of halogens is 1. The Morgan fingerprint density at radius 2 is 1.93 bits per heavy atom. The van der Waals surface area contributed by atoms with Gasteiger partial charge in [0.15, 0.2) is 0 Å². The largest absolute Gasteiger partial charge is 0.497 e. The van der Waals surface area contributed by atoms with Crippen LogP contribution in [-0.4, -0.2) is 35.6 Å². The monoisotopic (exact) mass is 411 g/mol. The second-order valence-corrected chi connectivity index (χ2v) is 7.42. The summed E-state index contributed by atoms with van der Waals surface area (Å²) >= 11 is 5.95. The average molecular weight is 412 g/mol. The topological polar surface area (TPSA) is 67.5 Å². The summed E-state index contributed by atoms with van der Waals surface area (Å²) in [6.45, 7) is 2.01. The van der Waals surface area contributed by atoms with Crippen LogP contribution in [0, 0.1) is 0 Å². The Bertz CT molecular complexity index is 1080. The lowest BCUT2D eigenvalue weighted by Gasteiger charge is -2.28. The second-order valence-electron chi connectivity index (χ2n) is 6.99. The van der Waals surface area contributed by atoms with E-state index in [2.05, 4.69) is 9.88 Å². The van der Waals surface area contributed by atoms with Crippen LogP contribution in [0.15, 0.2) is 47.3 Å². The Hall–Kier alpha value is -2.83. The van der Waals surface area contributed by atoms with Crippen LogP contribution < -0.4 is 15.0 Å². The van der Waals surface area contributed by atoms with Gasteiger partial charge in [0.25, 0.3) is 5.56 Å². The van der Waals surface area contributed by atoms with Gasteiger partial charge in [-0.05, 0) is 42.5 Å². The van der Waals surface area contributed by atoms with Crippen molar-refractivity contribution in [3.05, 3.63) is 74.7 Å². The van der Waals surface area contributed by atoms with E-state index in [1.165, 1.54) is 0 Å². The van der Waals surface area contributed by atoms with Gasteiger partial charge in [0.2, 0.25) is 0 Å². The maximum Gasteiger partial charge on any atom is 0.255 e. The molecular formula is C22H22ClN3O3. The molecule has 150 valence electrons. The second kappa shape index (κ2) is 8.27. The lowest BCUT2D eigenvalue weighted by Crippen LogP contribution is -2.35. The van der Waals surface area contributed by atoms with Crippen LogP contribution in [0.5, 0.6) is 11.5 Å². The number of aromatic nitrogens is 2. The van der Waals surface area contributed by atoms with E-state index in [0.717, 1.165) is 40.4 Å². The Labute approximate surface area is 174 Å². The maximum absolute atomic E-state index is 12.8. The normalized spacial score (nSPS) is 13.8. The van der Waals surface area contributed by atoms with Gasteiger partial charge in [0, 0.05) is 42.2 Å². The van der Waals surface area contributed by atoms with Crippen LogP contribution in [0.3, 0.4) is 0 Å². The first kappa shape index (κ1) is 19.5. The van der Waals surface area contributed by atoms with Crippen molar-refractivity contribution < 1.29 is 9.47 Å². The summed E-state index contributed by atoms with van der Waals surface area (Å²) in [6, 6.07) is 13.0. The molecule has 29 heavy (non-hydrogen) atoms. The van der Waals surface area contributed by atoms with Crippen LogP contribution in [0.1, 0.15) is 16.8 Å². The number of nitrogens with one attached hydrogen (secondary N) is 1. The Kier molecular flexibility index (Phi) is 5.56. The van der Waals surface area contributed by atoms with Crippen molar-refractivity contribution in [3.8, 4) is 22.9 Å². The third-order valence-electron chi connectivity index (χ3n) is 5.15. The number of aromatic amines is 1. The predicted molar refractivity (Wildman–Crippen MR) is 113 cm³/mol. The Morgan fingerprint density at radius 1 is 1.14 bits per heavy atom. The molecule has 2 aromatic carbocycles. The van der Waals surface area contributed by atoms with Crippen molar-refractivity contribution >= 4 is 11.6 Å². The Balaban J connectivity index is 1.58. The molecule has 1 N–H and O–H groups in total. The minimum atomic E-state index is -0.0951. The zero-order valence-corrected chi connectivity index (χ0v) is 17.1. The minimum absolute atomic E-state index is 0.0951. The summed E-state index contributed by atoms with van der Waals surface area (Å²) < 4.78 is 10.8. The van der Waals surface area contributed by atoms with E-state index in [1.54, 1.807) is 26.4 Å². The molecule has 0 atom stereocenters. The molecular weight excluding hydrogens is 390 g/mol. The summed E-state index contributed by atoms with van der Waals surface area (Å²) in [4.78, 5) is 22.6. The number of rotatable bonds is 5. The zero-order chi connectivity index (χ0) is 20.4. The van der Waals surface area contributed by atoms with Gasteiger partial charge in [0.1, 0.15) is 17.3 Å². The van der Waals surface area contributed by atoms with Gasteiger partial charge >= 0.3 is 0 Å². The van der Waals surface area contributed by atoms with E-state index in [0.29, 0.717) is 30.4 Å². The average Bonchev–Trinajstić information content (AvgIpc) is 2.74. The smallest absolute Gasteiger partial charge is 0.255 e. The molecule has 0 unspecified atom stereocenters. The third kappa shape index (κ3) is 4.13. The molecule has 0 saturated carbocycles. The summed E-state index contributed by atoms with van der Waals surface area (Å²) in [7, 11) is 3.30. The quantitative estimate of drug-likeness (QED) is 0.693. The number of methoxy groups -OCH3 is 2. The van der Waals surface area contributed by atoms with Gasteiger partial charge in [-0.15, -0.1) is 0 Å². The van der Waals surface area contributed by atoms with Crippen molar-refractivity contribution in [3.63, 3.8) is 0 Å². The number of benzene rings is 2. The molecule has 7 heteroatoms. The minimum Gasteiger partial charge on any atom is -0.497 e. The lowest BCUT2D eigenvalue weighted by molar-refractivity contribution is 0.237. The molecule has 6 nitrogen and oxygen atoms in total. The first-order valence-electron chi connectivity index (χ1n) is 9.38. The van der Waals surface area contributed by atoms with E-state index in [1.807, 2.05) is 30.3 Å². The molecule has 1 aliphatic rings. The van der Waals surface area contributed by atoms with Crippen molar-refractivity contribution in [2.45, 2.75) is 19.5 Å². The highest BCUT2D eigenvalue weighted by Gasteiger charge is 2.22. The first-order chi connectivity index (χ1) is 14.1. The molecule has 0 radical (unpaired) electrons. The third-order valence-corrected chi connectivity index (χ3v) is 5.40. The standard InChI is InChI=1S/C22H22ClN3O3/c1-28-17-7-8-20(29-2)15(11-17)12-26-10-9-19-18(13-26)22(27)25-21(24-19)14-3-5-16(23)6-4-14/h3-8,11H,9-10,12-13H2,1-2H3,(H,24,25,27). The predicted octanol–water partition coefficient (Wildman–Crippen LogP) is 3.67. The summed E-state index contributed by atoms with van der Waals surface area (Å²) in [6.07, 6.45) is 0.714. The zero-order valence-electron chi connectivity index (χ0n) is 16.4. The number of nitrogens with zero attached hydrogens (tertiary/aromatic N) is 2. The van der Waals surface area contributed by atoms with Gasteiger partial charge in [0.05, 0.1) is 25.5 Å². The maximum atomic E-state index is 12.8. The Morgan fingerprint density at radius 3 is 2.66 bits per heavy atom. The first-order valence-corrected chi connectivity index (χ1v) is 9.76. The molecule has 4 rings (SSSR count). The van der Waals surface area contributed by atoms with E-state index in [4.69, 9.17) is 26.1 Å². The van der Waals surface area contributed by atoms with Crippen molar-refractivity contribution in [2.75, 3.05) is 20.8 Å². The highest BCUT2D eigenvalue weighted by molar-refractivity contribution is 6.30. The molecule has 0 spiro atoms. The van der Waals surface area contributed by atoms with Gasteiger partial charge in [-0.1, -0.05) is 11.6 Å². The fourth-order valence-electron chi connectivity index (χ4n) is 3.61. The van der Waals surface area contributed by atoms with E-state index >= 15 is 0 Å². The van der Waals surface area contributed by atoms with Crippen molar-refractivity contribution in [1.82, 2.24) is 14.9 Å². The van der Waals surface area contributed by atoms with E-state index in [9.17, 15) is 4.79 Å². The van der Waals surface area contributed by atoms with E-state index in [-0.39, 0.29) is 5.56 Å².